The Morgan fingerprint density at radius 2 is 1.50 bits per heavy atom. The predicted octanol–water partition coefficient (Wildman–Crippen LogP) is 4.64. The van der Waals surface area contributed by atoms with Gasteiger partial charge in [0, 0.05) is 17.6 Å². The molecule has 5 heteroatoms. The van der Waals surface area contributed by atoms with Crippen LogP contribution in [0.25, 0.3) is 10.8 Å². The molecule has 0 saturated heterocycles. The summed E-state index contributed by atoms with van der Waals surface area (Å²) in [4.78, 5) is 32.4. The molecule has 0 aliphatic heterocycles. The van der Waals surface area contributed by atoms with Crippen molar-refractivity contribution in [1.82, 2.24) is 5.06 Å². The zero-order valence-corrected chi connectivity index (χ0v) is 21.9. The summed E-state index contributed by atoms with van der Waals surface area (Å²) in [6.45, 7) is 11.7. The van der Waals surface area contributed by atoms with Crippen LogP contribution in [0.4, 0.5) is 0 Å². The summed E-state index contributed by atoms with van der Waals surface area (Å²) in [6, 6.07) is 13.7. The summed E-state index contributed by atoms with van der Waals surface area (Å²) < 4.78 is 0. The van der Waals surface area contributed by atoms with Crippen molar-refractivity contribution in [2.24, 2.45) is 5.92 Å². The maximum absolute atomic E-state index is 13.5. The van der Waals surface area contributed by atoms with Crippen molar-refractivity contribution in [2.75, 3.05) is 0 Å². The van der Waals surface area contributed by atoms with Gasteiger partial charge in [-0.1, -0.05) is 74.6 Å². The largest absolute Gasteiger partial charge is 1.00 e. The van der Waals surface area contributed by atoms with Crippen LogP contribution in [0.3, 0.4) is 0 Å². The number of carbonyl (C=O) groups excluding carboxylic acids is 2. The van der Waals surface area contributed by atoms with Crippen LogP contribution in [-0.4, -0.2) is 28.9 Å². The van der Waals surface area contributed by atoms with Crippen LogP contribution in [0, 0.1) is 5.92 Å². The number of hydrogen-bond acceptors (Lipinski definition) is 4. The molecule has 0 radical (unpaired) electrons. The molecule has 0 fully saturated rings. The van der Waals surface area contributed by atoms with E-state index >= 15 is 0 Å². The van der Waals surface area contributed by atoms with Crippen molar-refractivity contribution in [2.45, 2.75) is 91.1 Å². The number of unbranched alkanes of at least 4 members (excludes halogenated alkanes) is 6. The van der Waals surface area contributed by atoms with E-state index in [-0.39, 0.29) is 38.2 Å². The van der Waals surface area contributed by atoms with Gasteiger partial charge in [0.1, 0.15) is 5.92 Å². The Balaban J connectivity index is 0.00000578. The molecular formula is C29H42LiNO3. The maximum atomic E-state index is 13.5. The molecule has 34 heavy (non-hydrogen) atoms. The van der Waals surface area contributed by atoms with Gasteiger partial charge < -0.3 is 6.26 Å². The van der Waals surface area contributed by atoms with Gasteiger partial charge in [0.25, 0.3) is 0 Å². The van der Waals surface area contributed by atoms with Crippen LogP contribution in [0.5, 0.6) is 0 Å². The number of allylic oxidation sites excluding steroid dienone is 1. The van der Waals surface area contributed by atoms with Crippen molar-refractivity contribution in [1.29, 1.82) is 0 Å². The smallest absolute Gasteiger partial charge is 1.00 e. The molecular weight excluding hydrogens is 417 g/mol. The first-order chi connectivity index (χ1) is 15.8. The topological polar surface area (TPSA) is 46.6 Å². The molecule has 1 atom stereocenters. The van der Waals surface area contributed by atoms with Crippen molar-refractivity contribution in [3.05, 3.63) is 60.7 Å². The molecule has 4 nitrogen and oxygen atoms in total. The molecule has 0 N–H and O–H groups in total. The van der Waals surface area contributed by atoms with Crippen molar-refractivity contribution >= 4 is 22.5 Å². The van der Waals surface area contributed by atoms with Gasteiger partial charge in [0.05, 0.1) is 0 Å². The third kappa shape index (κ3) is 9.41. The van der Waals surface area contributed by atoms with Gasteiger partial charge >= 0.3 is 24.8 Å². The van der Waals surface area contributed by atoms with Gasteiger partial charge in [0.2, 0.25) is 0 Å². The van der Waals surface area contributed by atoms with Crippen LogP contribution in [0.15, 0.2) is 55.1 Å². The van der Waals surface area contributed by atoms with Gasteiger partial charge in [-0.15, -0.1) is 11.6 Å². The fourth-order valence-electron chi connectivity index (χ4n) is 4.22. The average Bonchev–Trinajstić information content (AvgIpc) is 2.80. The summed E-state index contributed by atoms with van der Waals surface area (Å²) in [7, 11) is 0. The van der Waals surface area contributed by atoms with E-state index in [1.54, 1.807) is 5.06 Å². The Morgan fingerprint density at radius 3 is 2.12 bits per heavy atom. The van der Waals surface area contributed by atoms with Crippen LogP contribution < -0.4 is 18.9 Å². The normalized spacial score (nSPS) is 12.1. The molecule has 0 spiro atoms. The van der Waals surface area contributed by atoms with Gasteiger partial charge in [-0.3, -0.25) is 4.79 Å². The van der Waals surface area contributed by atoms with Gasteiger partial charge in [-0.2, -0.15) is 0 Å². The van der Waals surface area contributed by atoms with Crippen molar-refractivity contribution < 1.29 is 34.7 Å². The predicted molar refractivity (Wildman–Crippen MR) is 138 cm³/mol. The Hall–Kier alpha value is -1.86. The van der Waals surface area contributed by atoms with E-state index in [1.165, 1.54) is 19.3 Å². The molecule has 0 bridgehead atoms. The Labute approximate surface area is 219 Å². The van der Waals surface area contributed by atoms with Crippen LogP contribution >= 0.6 is 0 Å². The number of benzene rings is 2. The number of Topliss-reactive ketones (excluding diaryl/α,β-unsaturated/α-hetero) is 1. The molecule has 0 aromatic heterocycles. The number of hydrogen-bond donors (Lipinski definition) is 0. The minimum Gasteiger partial charge on any atom is -1.00 e. The quantitative estimate of drug-likeness (QED) is 0.0972. The molecule has 2 rings (SSSR count). The maximum Gasteiger partial charge on any atom is 1.00 e. The van der Waals surface area contributed by atoms with Gasteiger partial charge in [-0.25, -0.2) is 4.79 Å². The van der Waals surface area contributed by atoms with Crippen LogP contribution in [0.2, 0.25) is 0 Å². The molecule has 0 heterocycles. The number of carbonyl (C=O) groups is 2. The summed E-state index contributed by atoms with van der Waals surface area (Å²) >= 11 is 0. The van der Waals surface area contributed by atoms with E-state index < -0.39 is 11.9 Å². The number of nitrogens with zero attached hydrogens (tertiary/aromatic N) is 1. The second-order valence-electron chi connectivity index (χ2n) is 9.42. The monoisotopic (exact) mass is 459 g/mol. The fourth-order valence-corrected chi connectivity index (χ4v) is 4.22. The van der Waals surface area contributed by atoms with Crippen LogP contribution in [0.1, 0.15) is 90.8 Å². The molecule has 0 aliphatic rings. The summed E-state index contributed by atoms with van der Waals surface area (Å²) in [6.07, 6.45) is 10.1. The number of rotatable bonds is 15. The first-order valence-corrected chi connectivity index (χ1v) is 12.5. The van der Waals surface area contributed by atoms with E-state index in [1.807, 2.05) is 76.2 Å². The SMILES string of the molecule is C=CCCCCCCCCC(C(=O)ON(C(C)C)C(C)C)C(=O)c1ccc2ccccc2c1.[H-].[Li+]. The number of ketones is 1. The second-order valence-corrected chi connectivity index (χ2v) is 9.42. The van der Waals surface area contributed by atoms with Gasteiger partial charge in [0.15, 0.2) is 5.78 Å². The third-order valence-electron chi connectivity index (χ3n) is 6.00. The molecule has 1 unspecified atom stereocenters. The van der Waals surface area contributed by atoms with E-state index in [9.17, 15) is 9.59 Å². The Bertz CT molecular complexity index is 908. The fraction of sp³-hybridized carbons (Fsp3) is 0.517. The Kier molecular flexibility index (Phi) is 14.1. The van der Waals surface area contributed by atoms with Crippen molar-refractivity contribution in [3.8, 4) is 0 Å². The standard InChI is InChI=1S/C29H41NO3.Li.H/c1-6-7-8-9-10-11-12-13-18-27(29(32)33-30(22(2)3)23(4)5)28(31)26-20-19-24-16-14-15-17-25(24)21-26;;/h6,14-17,19-23,27H,1,7-13,18H2,2-5H3;;/q;+1;-1. The second kappa shape index (κ2) is 15.9. The average molecular weight is 460 g/mol. The first-order valence-electron chi connectivity index (χ1n) is 12.5. The van der Waals surface area contributed by atoms with Gasteiger partial charge in [-0.05, 0) is 63.8 Å². The summed E-state index contributed by atoms with van der Waals surface area (Å²) in [5, 5.41) is 3.76. The Morgan fingerprint density at radius 1 is 0.912 bits per heavy atom. The molecule has 2 aromatic carbocycles. The molecule has 0 aliphatic carbocycles. The first kappa shape index (κ1) is 30.2. The minimum atomic E-state index is -0.785. The van der Waals surface area contributed by atoms with Crippen LogP contribution in [-0.2, 0) is 9.63 Å². The zero-order valence-electron chi connectivity index (χ0n) is 22.9. The summed E-state index contributed by atoms with van der Waals surface area (Å²) in [5.74, 6) is -1.38. The number of fused-ring (bicyclic) bond motifs is 1. The molecule has 0 saturated carbocycles. The van der Waals surface area contributed by atoms with Crippen molar-refractivity contribution in [3.63, 3.8) is 0 Å². The minimum absolute atomic E-state index is 0. The van der Waals surface area contributed by atoms with E-state index in [0.29, 0.717) is 12.0 Å². The molecule has 182 valence electrons. The summed E-state index contributed by atoms with van der Waals surface area (Å²) in [5.41, 5.74) is 0.570. The van der Waals surface area contributed by atoms with E-state index in [0.717, 1.165) is 36.5 Å². The van der Waals surface area contributed by atoms with E-state index in [2.05, 4.69) is 6.58 Å². The number of hydroxylamine groups is 2. The molecule has 2 aromatic rings. The molecule has 0 amide bonds. The third-order valence-corrected chi connectivity index (χ3v) is 6.00. The van der Waals surface area contributed by atoms with E-state index in [4.69, 9.17) is 4.84 Å². The zero-order chi connectivity index (χ0) is 24.2.